The van der Waals surface area contributed by atoms with Crippen LogP contribution < -0.4 is 0 Å². The minimum absolute atomic E-state index is 0.535. The molecule has 0 spiro atoms. The maximum Gasteiger partial charge on any atom is 0.146 e. The number of aromatic nitrogens is 1. The summed E-state index contributed by atoms with van der Waals surface area (Å²) in [5.74, 6) is 0. The van der Waals surface area contributed by atoms with E-state index >= 15 is 0 Å². The number of thiophene rings is 1. The van der Waals surface area contributed by atoms with Crippen molar-refractivity contribution in [2.75, 3.05) is 0 Å². The van der Waals surface area contributed by atoms with Crippen molar-refractivity contribution in [2.24, 2.45) is 0 Å². The first kappa shape index (κ1) is 8.30. The lowest BCUT2D eigenvalue weighted by Gasteiger charge is -1.91. The van der Waals surface area contributed by atoms with Crippen LogP contribution in [0.25, 0.3) is 10.1 Å². The smallest absolute Gasteiger partial charge is 0.146 e. The number of fused-ring (bicyclic) bond motifs is 1. The van der Waals surface area contributed by atoms with Gasteiger partial charge in [0, 0.05) is 11.6 Å². The SMILES string of the molecule is Cc1c(Cl)sc2c(Cl)nccc12. The van der Waals surface area contributed by atoms with Crippen molar-refractivity contribution in [3.63, 3.8) is 0 Å². The lowest BCUT2D eigenvalue weighted by atomic mass is 10.2. The van der Waals surface area contributed by atoms with E-state index in [-0.39, 0.29) is 0 Å². The Morgan fingerprint density at radius 1 is 1.42 bits per heavy atom. The van der Waals surface area contributed by atoms with Crippen LogP contribution in [-0.4, -0.2) is 4.98 Å². The maximum atomic E-state index is 5.96. The topological polar surface area (TPSA) is 12.9 Å². The van der Waals surface area contributed by atoms with Crippen LogP contribution in [0.2, 0.25) is 9.49 Å². The van der Waals surface area contributed by atoms with Gasteiger partial charge in [-0.15, -0.1) is 11.3 Å². The molecule has 62 valence electrons. The first-order chi connectivity index (χ1) is 5.70. The molecule has 0 fully saturated rings. The fraction of sp³-hybridized carbons (Fsp3) is 0.125. The fourth-order valence-corrected chi connectivity index (χ4v) is 2.60. The summed E-state index contributed by atoms with van der Waals surface area (Å²) >= 11 is 13.3. The summed E-state index contributed by atoms with van der Waals surface area (Å²) < 4.78 is 1.77. The van der Waals surface area contributed by atoms with Crippen molar-refractivity contribution >= 4 is 44.6 Å². The molecular formula is C8H5Cl2NS. The lowest BCUT2D eigenvalue weighted by molar-refractivity contribution is 1.37. The van der Waals surface area contributed by atoms with Crippen molar-refractivity contribution < 1.29 is 0 Å². The Morgan fingerprint density at radius 2 is 2.17 bits per heavy atom. The predicted octanol–water partition coefficient (Wildman–Crippen LogP) is 3.91. The molecule has 0 N–H and O–H groups in total. The molecule has 2 rings (SSSR count). The van der Waals surface area contributed by atoms with Gasteiger partial charge in [0.25, 0.3) is 0 Å². The summed E-state index contributed by atoms with van der Waals surface area (Å²) in [6.45, 7) is 1.98. The van der Waals surface area contributed by atoms with Gasteiger partial charge in [0.1, 0.15) is 5.15 Å². The minimum Gasteiger partial charge on any atom is -0.243 e. The van der Waals surface area contributed by atoms with Gasteiger partial charge >= 0.3 is 0 Å². The number of hydrogen-bond donors (Lipinski definition) is 0. The van der Waals surface area contributed by atoms with E-state index in [2.05, 4.69) is 4.98 Å². The number of hydrogen-bond acceptors (Lipinski definition) is 2. The van der Waals surface area contributed by atoms with E-state index in [1.807, 2.05) is 13.0 Å². The quantitative estimate of drug-likeness (QED) is 0.611. The van der Waals surface area contributed by atoms with Crippen molar-refractivity contribution in [1.29, 1.82) is 0 Å². The van der Waals surface area contributed by atoms with Gasteiger partial charge in [-0.3, -0.25) is 0 Å². The molecular weight excluding hydrogens is 213 g/mol. The second kappa shape index (κ2) is 2.87. The second-order valence-electron chi connectivity index (χ2n) is 2.48. The average molecular weight is 218 g/mol. The van der Waals surface area contributed by atoms with E-state index in [9.17, 15) is 0 Å². The molecule has 0 unspecified atom stereocenters. The summed E-state index contributed by atoms with van der Waals surface area (Å²) in [6, 6.07) is 1.93. The zero-order valence-corrected chi connectivity index (χ0v) is 8.59. The molecule has 0 saturated heterocycles. The zero-order chi connectivity index (χ0) is 8.72. The largest absolute Gasteiger partial charge is 0.243 e. The van der Waals surface area contributed by atoms with Crippen LogP contribution >= 0.6 is 34.5 Å². The molecule has 1 nitrogen and oxygen atoms in total. The summed E-state index contributed by atoms with van der Waals surface area (Å²) in [5, 5.41) is 1.64. The van der Waals surface area contributed by atoms with E-state index < -0.39 is 0 Å². The van der Waals surface area contributed by atoms with Crippen molar-refractivity contribution in [3.8, 4) is 0 Å². The minimum atomic E-state index is 0.535. The molecule has 0 bridgehead atoms. The first-order valence-electron chi connectivity index (χ1n) is 3.39. The Labute approximate surface area is 83.9 Å². The van der Waals surface area contributed by atoms with Gasteiger partial charge in [0.05, 0.1) is 9.04 Å². The maximum absolute atomic E-state index is 5.96. The van der Waals surface area contributed by atoms with Gasteiger partial charge in [-0.25, -0.2) is 4.98 Å². The molecule has 0 aliphatic carbocycles. The molecule has 0 aliphatic heterocycles. The molecule has 0 amide bonds. The van der Waals surface area contributed by atoms with Gasteiger partial charge in [0.15, 0.2) is 0 Å². The molecule has 0 aliphatic rings. The van der Waals surface area contributed by atoms with Crippen molar-refractivity contribution in [1.82, 2.24) is 4.98 Å². The van der Waals surface area contributed by atoms with Crippen LogP contribution in [0, 0.1) is 6.92 Å². The molecule has 2 aromatic heterocycles. The van der Waals surface area contributed by atoms with Gasteiger partial charge < -0.3 is 0 Å². The van der Waals surface area contributed by atoms with Crippen molar-refractivity contribution in [2.45, 2.75) is 6.92 Å². The Morgan fingerprint density at radius 3 is 2.83 bits per heavy atom. The van der Waals surface area contributed by atoms with E-state index in [0.717, 1.165) is 20.0 Å². The molecule has 2 aromatic rings. The Kier molecular flexibility index (Phi) is 1.99. The number of rotatable bonds is 0. The van der Waals surface area contributed by atoms with Gasteiger partial charge in [0.2, 0.25) is 0 Å². The summed E-state index contributed by atoms with van der Waals surface area (Å²) in [4.78, 5) is 3.98. The molecule has 0 saturated carbocycles. The number of nitrogens with zero attached hydrogens (tertiary/aromatic N) is 1. The van der Waals surface area contributed by atoms with Crippen LogP contribution in [0.4, 0.5) is 0 Å². The highest BCUT2D eigenvalue weighted by Gasteiger charge is 2.08. The van der Waals surface area contributed by atoms with Gasteiger partial charge in [-0.1, -0.05) is 23.2 Å². The highest BCUT2D eigenvalue weighted by atomic mass is 35.5. The lowest BCUT2D eigenvalue weighted by Crippen LogP contribution is -1.73. The highest BCUT2D eigenvalue weighted by molar-refractivity contribution is 7.23. The van der Waals surface area contributed by atoms with Crippen LogP contribution in [0.5, 0.6) is 0 Å². The number of halogens is 2. The number of aryl methyl sites for hydroxylation is 1. The Balaban J connectivity index is 2.95. The van der Waals surface area contributed by atoms with E-state index in [4.69, 9.17) is 23.2 Å². The third-order valence-electron chi connectivity index (χ3n) is 1.75. The van der Waals surface area contributed by atoms with E-state index in [1.165, 1.54) is 11.3 Å². The van der Waals surface area contributed by atoms with Gasteiger partial charge in [-0.2, -0.15) is 0 Å². The highest BCUT2D eigenvalue weighted by Crippen LogP contribution is 2.37. The molecule has 12 heavy (non-hydrogen) atoms. The van der Waals surface area contributed by atoms with E-state index in [0.29, 0.717) is 5.15 Å². The fourth-order valence-electron chi connectivity index (χ4n) is 1.09. The molecule has 0 radical (unpaired) electrons. The molecule has 0 atom stereocenters. The van der Waals surface area contributed by atoms with Gasteiger partial charge in [-0.05, 0) is 18.6 Å². The van der Waals surface area contributed by atoms with Crippen LogP contribution in [0.1, 0.15) is 5.56 Å². The van der Waals surface area contributed by atoms with Crippen LogP contribution in [0.15, 0.2) is 12.3 Å². The summed E-state index contributed by atoms with van der Waals surface area (Å²) in [6.07, 6.45) is 1.70. The third kappa shape index (κ3) is 1.11. The predicted molar refractivity (Wildman–Crippen MR) is 54.4 cm³/mol. The Bertz CT molecular complexity index is 436. The third-order valence-corrected chi connectivity index (χ3v) is 3.77. The normalized spacial score (nSPS) is 10.9. The Hall–Kier alpha value is -0.310. The summed E-state index contributed by atoms with van der Waals surface area (Å²) in [5.41, 5.74) is 1.08. The molecule has 2 heterocycles. The zero-order valence-electron chi connectivity index (χ0n) is 6.27. The van der Waals surface area contributed by atoms with Crippen LogP contribution in [0.3, 0.4) is 0 Å². The summed E-state index contributed by atoms with van der Waals surface area (Å²) in [7, 11) is 0. The average Bonchev–Trinajstić information content (AvgIpc) is 2.32. The molecule has 0 aromatic carbocycles. The standard InChI is InChI=1S/C8H5Cl2NS/c1-4-5-2-3-11-7(9)6(5)12-8(4)10/h2-3H,1H3. The van der Waals surface area contributed by atoms with Crippen molar-refractivity contribution in [3.05, 3.63) is 27.3 Å². The molecule has 4 heteroatoms. The van der Waals surface area contributed by atoms with Crippen LogP contribution in [-0.2, 0) is 0 Å². The monoisotopic (exact) mass is 217 g/mol. The van der Waals surface area contributed by atoms with E-state index in [1.54, 1.807) is 6.20 Å². The number of pyridine rings is 1. The first-order valence-corrected chi connectivity index (χ1v) is 4.96. The second-order valence-corrected chi connectivity index (χ2v) is 4.46.